The van der Waals surface area contributed by atoms with Crippen LogP contribution >= 0.6 is 51.5 Å². The summed E-state index contributed by atoms with van der Waals surface area (Å²) in [5, 5.41) is 7.09. The van der Waals surface area contributed by atoms with Crippen LogP contribution < -0.4 is 10.6 Å². The fraction of sp³-hybridized carbons (Fsp3) is 0.308. The zero-order valence-electron chi connectivity index (χ0n) is 10.7. The number of benzene rings is 1. The predicted molar refractivity (Wildman–Crippen MR) is 97.8 cm³/mol. The van der Waals surface area contributed by atoms with Crippen molar-refractivity contribution in [2.24, 2.45) is 4.99 Å². The van der Waals surface area contributed by atoms with E-state index in [1.165, 1.54) is 5.56 Å². The second kappa shape index (κ2) is 10.5. The first-order chi connectivity index (χ1) is 8.67. The standard InChI is InChI=1S/C13H17BrClN3.HI/c1-3-7-17-13(16-2)18-8-6-10-9-11(15)4-5-12(10)14;/h3-5,9H,1,6-8H2,2H3,(H2,16,17,18);1H. The summed E-state index contributed by atoms with van der Waals surface area (Å²) in [6.07, 6.45) is 2.66. The first-order valence-electron chi connectivity index (χ1n) is 5.66. The Hall–Kier alpha value is -0.270. The highest BCUT2D eigenvalue weighted by Crippen LogP contribution is 2.21. The molecule has 0 aliphatic heterocycles. The largest absolute Gasteiger partial charge is 0.356 e. The van der Waals surface area contributed by atoms with Crippen LogP contribution in [0.2, 0.25) is 5.02 Å². The summed E-state index contributed by atoms with van der Waals surface area (Å²) in [5.74, 6) is 0.771. The molecule has 0 amide bonds. The van der Waals surface area contributed by atoms with Gasteiger partial charge in [-0.3, -0.25) is 4.99 Å². The molecule has 3 nitrogen and oxygen atoms in total. The average molecular weight is 459 g/mol. The molecule has 0 aromatic heterocycles. The van der Waals surface area contributed by atoms with Gasteiger partial charge in [0.25, 0.3) is 0 Å². The number of hydrogen-bond donors (Lipinski definition) is 2. The molecule has 0 unspecified atom stereocenters. The number of guanidine groups is 1. The lowest BCUT2D eigenvalue weighted by atomic mass is 10.1. The molecular formula is C13H18BrClIN3. The van der Waals surface area contributed by atoms with Gasteiger partial charge in [0.1, 0.15) is 0 Å². The molecular weight excluding hydrogens is 440 g/mol. The summed E-state index contributed by atoms with van der Waals surface area (Å²) >= 11 is 9.48. The van der Waals surface area contributed by atoms with Crippen molar-refractivity contribution in [1.29, 1.82) is 0 Å². The van der Waals surface area contributed by atoms with Crippen LogP contribution in [0.5, 0.6) is 0 Å². The summed E-state index contributed by atoms with van der Waals surface area (Å²) in [6, 6.07) is 5.79. The van der Waals surface area contributed by atoms with E-state index in [2.05, 4.69) is 38.1 Å². The van der Waals surface area contributed by atoms with Gasteiger partial charge in [0, 0.05) is 29.6 Å². The topological polar surface area (TPSA) is 36.4 Å². The van der Waals surface area contributed by atoms with Crippen LogP contribution in [0.4, 0.5) is 0 Å². The van der Waals surface area contributed by atoms with Crippen molar-refractivity contribution in [3.63, 3.8) is 0 Å². The quantitative estimate of drug-likeness (QED) is 0.306. The highest BCUT2D eigenvalue weighted by Gasteiger charge is 2.01. The van der Waals surface area contributed by atoms with E-state index in [1.54, 1.807) is 13.1 Å². The van der Waals surface area contributed by atoms with Crippen molar-refractivity contribution >= 4 is 57.5 Å². The number of nitrogens with one attached hydrogen (secondary N) is 2. The van der Waals surface area contributed by atoms with Crippen molar-refractivity contribution in [2.75, 3.05) is 20.1 Å². The molecule has 2 N–H and O–H groups in total. The van der Waals surface area contributed by atoms with Gasteiger partial charge in [-0.2, -0.15) is 0 Å². The van der Waals surface area contributed by atoms with Gasteiger partial charge < -0.3 is 10.6 Å². The summed E-state index contributed by atoms with van der Waals surface area (Å²) in [4.78, 5) is 4.11. The summed E-state index contributed by atoms with van der Waals surface area (Å²) in [6.45, 7) is 5.13. The minimum atomic E-state index is 0. The van der Waals surface area contributed by atoms with Crippen LogP contribution in [0.15, 0.2) is 40.3 Å². The Kier molecular flexibility index (Phi) is 10.4. The van der Waals surface area contributed by atoms with E-state index in [4.69, 9.17) is 11.6 Å². The molecule has 0 atom stereocenters. The zero-order valence-corrected chi connectivity index (χ0v) is 15.4. The SMILES string of the molecule is C=CCNC(=NC)NCCc1cc(Cl)ccc1Br.I. The van der Waals surface area contributed by atoms with E-state index < -0.39 is 0 Å². The molecule has 0 saturated heterocycles. The predicted octanol–water partition coefficient (Wildman–Crippen LogP) is 3.61. The van der Waals surface area contributed by atoms with Crippen molar-refractivity contribution in [1.82, 2.24) is 10.6 Å². The van der Waals surface area contributed by atoms with Crippen LogP contribution in [-0.2, 0) is 6.42 Å². The summed E-state index contributed by atoms with van der Waals surface area (Å²) in [7, 11) is 1.74. The van der Waals surface area contributed by atoms with Crippen LogP contribution in [0.1, 0.15) is 5.56 Å². The Labute approximate surface area is 145 Å². The normalized spacial score (nSPS) is 10.6. The third kappa shape index (κ3) is 7.17. The number of nitrogens with zero attached hydrogens (tertiary/aromatic N) is 1. The van der Waals surface area contributed by atoms with Crippen LogP contribution in [0.25, 0.3) is 0 Å². The highest BCUT2D eigenvalue weighted by molar-refractivity contribution is 14.0. The number of halogens is 3. The molecule has 0 radical (unpaired) electrons. The lowest BCUT2D eigenvalue weighted by molar-refractivity contribution is 0.820. The number of rotatable bonds is 5. The van der Waals surface area contributed by atoms with Gasteiger partial charge in [0.2, 0.25) is 0 Å². The van der Waals surface area contributed by atoms with Crippen LogP contribution in [-0.4, -0.2) is 26.1 Å². The first kappa shape index (κ1) is 18.7. The van der Waals surface area contributed by atoms with Gasteiger partial charge in [-0.15, -0.1) is 30.6 Å². The fourth-order valence-electron chi connectivity index (χ4n) is 1.44. The molecule has 106 valence electrons. The summed E-state index contributed by atoms with van der Waals surface area (Å²) in [5.41, 5.74) is 1.18. The smallest absolute Gasteiger partial charge is 0.191 e. The van der Waals surface area contributed by atoms with Gasteiger partial charge in [-0.1, -0.05) is 33.6 Å². The zero-order chi connectivity index (χ0) is 13.4. The second-order valence-electron chi connectivity index (χ2n) is 3.65. The second-order valence-corrected chi connectivity index (χ2v) is 4.95. The maximum Gasteiger partial charge on any atom is 0.191 e. The van der Waals surface area contributed by atoms with E-state index >= 15 is 0 Å². The Morgan fingerprint density at radius 1 is 1.47 bits per heavy atom. The number of aliphatic imine (C=N–C) groups is 1. The Balaban J connectivity index is 0.00000324. The van der Waals surface area contributed by atoms with E-state index in [0.29, 0.717) is 6.54 Å². The van der Waals surface area contributed by atoms with E-state index in [1.807, 2.05) is 18.2 Å². The summed E-state index contributed by atoms with van der Waals surface area (Å²) < 4.78 is 1.07. The Morgan fingerprint density at radius 3 is 2.84 bits per heavy atom. The molecule has 0 saturated carbocycles. The van der Waals surface area contributed by atoms with Crippen molar-refractivity contribution < 1.29 is 0 Å². The minimum absolute atomic E-state index is 0. The lowest BCUT2D eigenvalue weighted by Gasteiger charge is -2.11. The van der Waals surface area contributed by atoms with E-state index in [9.17, 15) is 0 Å². The molecule has 6 heteroatoms. The van der Waals surface area contributed by atoms with E-state index in [0.717, 1.165) is 28.4 Å². The highest BCUT2D eigenvalue weighted by atomic mass is 127. The maximum absolute atomic E-state index is 5.97. The molecule has 0 fully saturated rings. The molecule has 19 heavy (non-hydrogen) atoms. The molecule has 1 aromatic rings. The molecule has 1 rings (SSSR count). The third-order valence-electron chi connectivity index (χ3n) is 2.33. The van der Waals surface area contributed by atoms with Crippen LogP contribution in [0.3, 0.4) is 0 Å². The van der Waals surface area contributed by atoms with Gasteiger partial charge in [0.05, 0.1) is 0 Å². The third-order valence-corrected chi connectivity index (χ3v) is 3.34. The maximum atomic E-state index is 5.97. The monoisotopic (exact) mass is 457 g/mol. The first-order valence-corrected chi connectivity index (χ1v) is 6.83. The molecule has 0 bridgehead atoms. The number of hydrogen-bond acceptors (Lipinski definition) is 1. The van der Waals surface area contributed by atoms with Crippen molar-refractivity contribution in [2.45, 2.75) is 6.42 Å². The molecule has 0 spiro atoms. The lowest BCUT2D eigenvalue weighted by Crippen LogP contribution is -2.38. The van der Waals surface area contributed by atoms with Crippen molar-refractivity contribution in [3.8, 4) is 0 Å². The van der Waals surface area contributed by atoms with Gasteiger partial charge in [-0.25, -0.2) is 0 Å². The van der Waals surface area contributed by atoms with Gasteiger partial charge >= 0.3 is 0 Å². The molecule has 0 aliphatic carbocycles. The minimum Gasteiger partial charge on any atom is -0.356 e. The Bertz CT molecular complexity index is 438. The Morgan fingerprint density at radius 2 is 2.21 bits per heavy atom. The average Bonchev–Trinajstić information content (AvgIpc) is 2.37. The van der Waals surface area contributed by atoms with Crippen LogP contribution in [0, 0.1) is 0 Å². The fourth-order valence-corrected chi connectivity index (χ4v) is 2.08. The van der Waals surface area contributed by atoms with Gasteiger partial charge in [-0.05, 0) is 30.2 Å². The van der Waals surface area contributed by atoms with E-state index in [-0.39, 0.29) is 24.0 Å². The van der Waals surface area contributed by atoms with Gasteiger partial charge in [0.15, 0.2) is 5.96 Å². The van der Waals surface area contributed by atoms with Crippen molar-refractivity contribution in [3.05, 3.63) is 45.9 Å². The molecule has 0 heterocycles. The molecule has 1 aromatic carbocycles. The molecule has 0 aliphatic rings.